The minimum absolute atomic E-state index is 0.171. The summed E-state index contributed by atoms with van der Waals surface area (Å²) in [6.45, 7) is 0.739. The molecular formula is C25H20N2O6S2. The number of nitrogens with zero attached hydrogens (tertiary/aromatic N) is 2. The molecule has 0 atom stereocenters. The van der Waals surface area contributed by atoms with Crippen LogP contribution in [0.2, 0.25) is 0 Å². The molecule has 0 unspecified atom stereocenters. The van der Waals surface area contributed by atoms with E-state index in [4.69, 9.17) is 9.15 Å². The quantitative estimate of drug-likeness (QED) is 0.264. The molecule has 0 aliphatic heterocycles. The van der Waals surface area contributed by atoms with Gasteiger partial charge in [0.25, 0.3) is 5.91 Å². The van der Waals surface area contributed by atoms with Crippen LogP contribution in [0.25, 0.3) is 32.0 Å². The van der Waals surface area contributed by atoms with Gasteiger partial charge >= 0.3 is 5.63 Å². The first-order valence-electron chi connectivity index (χ1n) is 10.6. The molecule has 0 fully saturated rings. The SMILES string of the molecule is COCCn1c(=NC(=O)c2cc3c(ccc4ccccc43)oc2=O)sc2cc(S(C)(=O)=O)ccc21. The van der Waals surface area contributed by atoms with Crippen LogP contribution >= 0.6 is 11.3 Å². The lowest BCUT2D eigenvalue weighted by molar-refractivity contribution is 0.0994. The van der Waals surface area contributed by atoms with Crippen molar-refractivity contribution in [3.8, 4) is 0 Å². The molecule has 2 heterocycles. The first-order chi connectivity index (χ1) is 16.8. The van der Waals surface area contributed by atoms with Crippen molar-refractivity contribution in [3.63, 3.8) is 0 Å². The lowest BCUT2D eigenvalue weighted by atomic mass is 10.0. The summed E-state index contributed by atoms with van der Waals surface area (Å²) in [6.07, 6.45) is 1.14. The van der Waals surface area contributed by atoms with E-state index in [2.05, 4.69) is 4.99 Å². The summed E-state index contributed by atoms with van der Waals surface area (Å²) in [5.41, 5.74) is 0.144. The van der Waals surface area contributed by atoms with Gasteiger partial charge in [0, 0.05) is 25.3 Å². The summed E-state index contributed by atoms with van der Waals surface area (Å²) >= 11 is 1.16. The highest BCUT2D eigenvalue weighted by Crippen LogP contribution is 2.25. The second kappa shape index (κ2) is 8.88. The monoisotopic (exact) mass is 508 g/mol. The topological polar surface area (TPSA) is 108 Å². The Morgan fingerprint density at radius 1 is 1.09 bits per heavy atom. The predicted molar refractivity (Wildman–Crippen MR) is 135 cm³/mol. The van der Waals surface area contributed by atoms with Gasteiger partial charge in [-0.15, -0.1) is 0 Å². The highest BCUT2D eigenvalue weighted by molar-refractivity contribution is 7.90. The van der Waals surface area contributed by atoms with Gasteiger partial charge in [0.15, 0.2) is 14.6 Å². The predicted octanol–water partition coefficient (Wildman–Crippen LogP) is 3.75. The summed E-state index contributed by atoms with van der Waals surface area (Å²) in [7, 11) is -1.84. The third-order valence-corrected chi connectivity index (χ3v) is 7.82. The molecule has 178 valence electrons. The number of methoxy groups -OCH3 is 1. The second-order valence-corrected chi connectivity index (χ2v) is 11.0. The van der Waals surface area contributed by atoms with E-state index in [1.807, 2.05) is 30.3 Å². The first-order valence-corrected chi connectivity index (χ1v) is 13.3. The highest BCUT2D eigenvalue weighted by Gasteiger charge is 2.17. The van der Waals surface area contributed by atoms with Gasteiger partial charge in [0.05, 0.1) is 21.7 Å². The van der Waals surface area contributed by atoms with Crippen LogP contribution in [0.4, 0.5) is 0 Å². The van der Waals surface area contributed by atoms with Crippen molar-refractivity contribution < 1.29 is 22.4 Å². The van der Waals surface area contributed by atoms with Gasteiger partial charge in [0.2, 0.25) is 0 Å². The van der Waals surface area contributed by atoms with Gasteiger partial charge in [-0.25, -0.2) is 13.2 Å². The van der Waals surface area contributed by atoms with E-state index in [9.17, 15) is 18.0 Å². The third-order valence-electron chi connectivity index (χ3n) is 5.67. The van der Waals surface area contributed by atoms with Crippen LogP contribution in [-0.4, -0.2) is 38.9 Å². The molecule has 0 saturated heterocycles. The molecule has 5 aromatic rings. The van der Waals surface area contributed by atoms with E-state index < -0.39 is 21.4 Å². The Hall–Kier alpha value is -3.60. The molecule has 0 saturated carbocycles. The van der Waals surface area contributed by atoms with Crippen molar-refractivity contribution >= 4 is 59.0 Å². The summed E-state index contributed by atoms with van der Waals surface area (Å²) in [5, 5.41) is 2.45. The number of sulfone groups is 1. The highest BCUT2D eigenvalue weighted by atomic mass is 32.2. The Morgan fingerprint density at radius 2 is 1.89 bits per heavy atom. The maximum absolute atomic E-state index is 13.2. The zero-order valence-corrected chi connectivity index (χ0v) is 20.5. The van der Waals surface area contributed by atoms with Gasteiger partial charge in [-0.05, 0) is 41.1 Å². The van der Waals surface area contributed by atoms with Crippen LogP contribution in [0, 0.1) is 0 Å². The number of fused-ring (bicyclic) bond motifs is 4. The van der Waals surface area contributed by atoms with Crippen LogP contribution in [-0.2, 0) is 21.1 Å². The van der Waals surface area contributed by atoms with Crippen LogP contribution in [0.3, 0.4) is 0 Å². The smallest absolute Gasteiger partial charge is 0.349 e. The molecule has 35 heavy (non-hydrogen) atoms. The number of carbonyl (C=O) groups excluding carboxylic acids is 1. The summed E-state index contributed by atoms with van der Waals surface area (Å²) in [5.74, 6) is -0.741. The zero-order valence-electron chi connectivity index (χ0n) is 18.8. The molecule has 8 nitrogen and oxygen atoms in total. The number of ether oxygens (including phenoxy) is 1. The number of thiazole rings is 1. The molecule has 0 aliphatic carbocycles. The van der Waals surface area contributed by atoms with Gasteiger partial charge in [0.1, 0.15) is 11.1 Å². The molecule has 3 aromatic carbocycles. The molecule has 0 radical (unpaired) electrons. The molecule has 10 heteroatoms. The van der Waals surface area contributed by atoms with Crippen LogP contribution < -0.4 is 10.4 Å². The average Bonchev–Trinajstić information content (AvgIpc) is 3.17. The number of carbonyl (C=O) groups is 1. The second-order valence-electron chi connectivity index (χ2n) is 7.99. The molecule has 5 rings (SSSR count). The number of hydrogen-bond acceptors (Lipinski definition) is 7. The van der Waals surface area contributed by atoms with E-state index in [-0.39, 0.29) is 10.5 Å². The largest absolute Gasteiger partial charge is 0.422 e. The summed E-state index contributed by atoms with van der Waals surface area (Å²) in [4.78, 5) is 30.6. The number of rotatable bonds is 5. The van der Waals surface area contributed by atoms with Crippen molar-refractivity contribution in [2.24, 2.45) is 4.99 Å². The van der Waals surface area contributed by atoms with Crippen molar-refractivity contribution in [3.05, 3.63) is 81.4 Å². The van der Waals surface area contributed by atoms with E-state index in [1.165, 1.54) is 12.1 Å². The standard InChI is InChI=1S/C25H20N2O6S2/c1-32-12-11-27-20-9-8-16(35(2,30)31)13-22(20)34-25(27)26-23(28)19-14-18-17-6-4-3-5-15(17)7-10-21(18)33-24(19)29/h3-10,13-14H,11-12H2,1-2H3. The maximum Gasteiger partial charge on any atom is 0.349 e. The van der Waals surface area contributed by atoms with Crippen molar-refractivity contribution in [2.75, 3.05) is 20.0 Å². The number of hydrogen-bond donors (Lipinski definition) is 0. The fraction of sp³-hybridized carbons (Fsp3) is 0.160. The van der Waals surface area contributed by atoms with Gasteiger partial charge < -0.3 is 13.7 Å². The van der Waals surface area contributed by atoms with Gasteiger partial charge in [-0.2, -0.15) is 4.99 Å². The lowest BCUT2D eigenvalue weighted by Gasteiger charge is -2.05. The molecule has 0 bridgehead atoms. The minimum Gasteiger partial charge on any atom is -0.422 e. The number of aromatic nitrogens is 1. The normalized spacial score (nSPS) is 12.7. The lowest BCUT2D eigenvalue weighted by Crippen LogP contribution is -2.21. The summed E-state index contributed by atoms with van der Waals surface area (Å²) < 4.78 is 37.0. The van der Waals surface area contributed by atoms with Gasteiger partial charge in [-0.1, -0.05) is 41.7 Å². The minimum atomic E-state index is -3.40. The van der Waals surface area contributed by atoms with Crippen LogP contribution in [0.15, 0.2) is 79.8 Å². The number of amides is 1. The number of benzene rings is 3. The fourth-order valence-electron chi connectivity index (χ4n) is 3.94. The Labute approximate surface area is 203 Å². The van der Waals surface area contributed by atoms with Crippen molar-refractivity contribution in [1.82, 2.24) is 4.57 Å². The fourth-order valence-corrected chi connectivity index (χ4v) is 5.75. The maximum atomic E-state index is 13.2. The van der Waals surface area contributed by atoms with Gasteiger partial charge in [-0.3, -0.25) is 4.79 Å². The van der Waals surface area contributed by atoms with Crippen molar-refractivity contribution in [1.29, 1.82) is 0 Å². The molecular weight excluding hydrogens is 488 g/mol. The van der Waals surface area contributed by atoms with E-state index in [0.717, 1.165) is 28.4 Å². The van der Waals surface area contributed by atoms with Crippen LogP contribution in [0.5, 0.6) is 0 Å². The molecule has 2 aromatic heterocycles. The first kappa shape index (κ1) is 23.2. The molecule has 0 N–H and O–H groups in total. The Balaban J connectivity index is 1.69. The Bertz CT molecular complexity index is 1860. The van der Waals surface area contributed by atoms with Crippen molar-refractivity contribution in [2.45, 2.75) is 11.4 Å². The Kier molecular flexibility index (Phi) is 5.87. The average molecular weight is 509 g/mol. The van der Waals surface area contributed by atoms with E-state index in [1.54, 1.807) is 29.9 Å². The van der Waals surface area contributed by atoms with Crippen LogP contribution in [0.1, 0.15) is 10.4 Å². The van der Waals surface area contributed by atoms with E-state index >= 15 is 0 Å². The molecule has 0 spiro atoms. The third kappa shape index (κ3) is 4.31. The Morgan fingerprint density at radius 3 is 2.66 bits per heavy atom. The van der Waals surface area contributed by atoms with E-state index in [0.29, 0.717) is 39.1 Å². The molecule has 0 aliphatic rings. The summed E-state index contributed by atoms with van der Waals surface area (Å²) in [6, 6.07) is 17.4. The zero-order chi connectivity index (χ0) is 24.7. The molecule has 1 amide bonds.